The maximum absolute atomic E-state index is 12.4. The van der Waals surface area contributed by atoms with Crippen molar-refractivity contribution in [3.8, 4) is 11.3 Å². The molecule has 10 heteroatoms. The van der Waals surface area contributed by atoms with E-state index in [1.807, 2.05) is 0 Å². The van der Waals surface area contributed by atoms with E-state index in [1.165, 1.54) is 35.2 Å². The normalized spacial score (nSPS) is 11.4. The van der Waals surface area contributed by atoms with Crippen LogP contribution in [0, 0.1) is 10.1 Å². The number of nitrogens with zero attached hydrogens (tertiary/aromatic N) is 5. The highest BCUT2D eigenvalue weighted by Gasteiger charge is 2.19. The Morgan fingerprint density at radius 1 is 1.12 bits per heavy atom. The predicted octanol–water partition coefficient (Wildman–Crippen LogP) is 1.05. The van der Waals surface area contributed by atoms with Crippen molar-refractivity contribution in [1.82, 2.24) is 18.5 Å². The van der Waals surface area contributed by atoms with Crippen molar-refractivity contribution in [2.45, 2.75) is 0 Å². The fourth-order valence-corrected chi connectivity index (χ4v) is 2.71. The number of rotatable bonds is 2. The van der Waals surface area contributed by atoms with Crippen LogP contribution in [0.1, 0.15) is 0 Å². The van der Waals surface area contributed by atoms with Gasteiger partial charge in [0.15, 0.2) is 16.9 Å². The minimum Gasteiger partial charge on any atom is -0.423 e. The van der Waals surface area contributed by atoms with Crippen molar-refractivity contribution in [3.63, 3.8) is 0 Å². The van der Waals surface area contributed by atoms with E-state index in [0.29, 0.717) is 11.3 Å². The largest absolute Gasteiger partial charge is 0.423 e. The van der Waals surface area contributed by atoms with E-state index >= 15 is 0 Å². The maximum Gasteiger partial charge on any atom is 0.332 e. The molecule has 0 aliphatic heterocycles. The lowest BCUT2D eigenvalue weighted by Gasteiger charge is -2.01. The van der Waals surface area contributed by atoms with Gasteiger partial charge in [-0.3, -0.25) is 28.4 Å². The topological polar surface area (TPSA) is 118 Å². The molecular weight excluding hydrogens is 330 g/mol. The molecule has 0 saturated heterocycles. The highest BCUT2D eigenvalue weighted by atomic mass is 16.6. The van der Waals surface area contributed by atoms with E-state index in [0.717, 1.165) is 4.57 Å². The number of aryl methyl sites for hydroxylation is 1. The number of nitro groups is 1. The fourth-order valence-electron chi connectivity index (χ4n) is 2.71. The van der Waals surface area contributed by atoms with Crippen LogP contribution in [0.3, 0.4) is 0 Å². The third-order valence-corrected chi connectivity index (χ3v) is 4.07. The summed E-state index contributed by atoms with van der Waals surface area (Å²) in [5.74, 6) is 0.553. The van der Waals surface area contributed by atoms with Crippen LogP contribution in [-0.4, -0.2) is 23.4 Å². The number of fused-ring (bicyclic) bond motifs is 3. The zero-order valence-electron chi connectivity index (χ0n) is 13.2. The number of hydrogen-bond donors (Lipinski definition) is 0. The van der Waals surface area contributed by atoms with Gasteiger partial charge >= 0.3 is 11.5 Å². The summed E-state index contributed by atoms with van der Waals surface area (Å²) in [7, 11) is 2.91. The summed E-state index contributed by atoms with van der Waals surface area (Å²) < 4.78 is 9.38. The van der Waals surface area contributed by atoms with Crippen LogP contribution >= 0.6 is 0 Å². The molecule has 4 aromatic rings. The Hall–Kier alpha value is -3.69. The number of oxazole rings is 1. The second-order valence-electron chi connectivity index (χ2n) is 5.54. The van der Waals surface area contributed by atoms with Gasteiger partial charge in [0.1, 0.15) is 0 Å². The minimum atomic E-state index is -0.490. The summed E-state index contributed by atoms with van der Waals surface area (Å²) in [5, 5.41) is 10.7. The predicted molar refractivity (Wildman–Crippen MR) is 87.5 cm³/mol. The lowest BCUT2D eigenvalue weighted by atomic mass is 10.2. The molecule has 0 N–H and O–H groups in total. The van der Waals surface area contributed by atoms with Gasteiger partial charge in [-0.05, 0) is 12.1 Å². The van der Waals surface area contributed by atoms with Gasteiger partial charge in [0, 0.05) is 31.8 Å². The van der Waals surface area contributed by atoms with Gasteiger partial charge in [0.25, 0.3) is 11.2 Å². The molecule has 126 valence electrons. The number of hydrogen-bond acceptors (Lipinski definition) is 6. The number of non-ortho nitro benzene ring substituents is 1. The van der Waals surface area contributed by atoms with Gasteiger partial charge in [-0.15, -0.1) is 0 Å². The summed E-state index contributed by atoms with van der Waals surface area (Å²) in [4.78, 5) is 38.8. The van der Waals surface area contributed by atoms with Gasteiger partial charge in [-0.2, -0.15) is 4.98 Å². The molecule has 0 amide bonds. The van der Waals surface area contributed by atoms with Crippen LogP contribution in [0.5, 0.6) is 0 Å². The molecule has 0 bridgehead atoms. The third-order valence-electron chi connectivity index (χ3n) is 4.07. The Kier molecular flexibility index (Phi) is 2.92. The summed E-state index contributed by atoms with van der Waals surface area (Å²) in [6, 6.07) is 5.82. The fraction of sp³-hybridized carbons (Fsp3) is 0.133. The molecule has 0 saturated carbocycles. The van der Waals surface area contributed by atoms with Crippen molar-refractivity contribution < 1.29 is 9.34 Å². The smallest absolute Gasteiger partial charge is 0.332 e. The van der Waals surface area contributed by atoms with Gasteiger partial charge in [-0.25, -0.2) is 4.79 Å². The first-order valence-corrected chi connectivity index (χ1v) is 7.21. The maximum atomic E-state index is 12.4. The molecule has 0 radical (unpaired) electrons. The lowest BCUT2D eigenvalue weighted by Crippen LogP contribution is -2.37. The van der Waals surface area contributed by atoms with Crippen LogP contribution in [-0.2, 0) is 14.1 Å². The number of nitro benzene ring substituents is 1. The van der Waals surface area contributed by atoms with Crippen molar-refractivity contribution in [2.75, 3.05) is 0 Å². The van der Waals surface area contributed by atoms with E-state index in [4.69, 9.17) is 4.42 Å². The second kappa shape index (κ2) is 4.90. The van der Waals surface area contributed by atoms with Gasteiger partial charge in [-0.1, -0.05) is 0 Å². The van der Waals surface area contributed by atoms with Gasteiger partial charge in [0.2, 0.25) is 0 Å². The van der Waals surface area contributed by atoms with E-state index in [-0.39, 0.29) is 22.7 Å². The molecule has 0 aliphatic rings. The monoisotopic (exact) mass is 341 g/mol. The average Bonchev–Trinajstić information content (AvgIpc) is 3.16. The standard InChI is InChI=1S/C15H11N5O5/c1-17-12-11(13(21)18(2)15(17)22)19-7-10(25-14(19)16-12)8-3-5-9(6-4-8)20(23)24/h3-7H,1-2H3. The molecular formula is C15H11N5O5. The van der Waals surface area contributed by atoms with Crippen LogP contribution < -0.4 is 11.2 Å². The Balaban J connectivity index is 1.96. The van der Waals surface area contributed by atoms with E-state index < -0.39 is 16.2 Å². The Morgan fingerprint density at radius 2 is 1.80 bits per heavy atom. The molecule has 0 atom stereocenters. The van der Waals surface area contributed by atoms with Crippen LogP contribution in [0.4, 0.5) is 5.69 Å². The molecule has 10 nitrogen and oxygen atoms in total. The zero-order chi connectivity index (χ0) is 17.9. The summed E-state index contributed by atoms with van der Waals surface area (Å²) >= 11 is 0. The molecule has 0 spiro atoms. The zero-order valence-corrected chi connectivity index (χ0v) is 13.2. The van der Waals surface area contributed by atoms with Crippen molar-refractivity contribution in [1.29, 1.82) is 0 Å². The molecule has 4 rings (SSSR count). The molecule has 0 aliphatic carbocycles. The first-order valence-electron chi connectivity index (χ1n) is 7.21. The van der Waals surface area contributed by atoms with Crippen LogP contribution in [0.2, 0.25) is 0 Å². The molecule has 3 heterocycles. The van der Waals surface area contributed by atoms with Gasteiger partial charge in [0.05, 0.1) is 11.1 Å². The first-order chi connectivity index (χ1) is 11.9. The lowest BCUT2D eigenvalue weighted by molar-refractivity contribution is -0.384. The Morgan fingerprint density at radius 3 is 2.44 bits per heavy atom. The van der Waals surface area contributed by atoms with Crippen LogP contribution in [0.15, 0.2) is 44.5 Å². The Labute approximate surface area is 138 Å². The van der Waals surface area contributed by atoms with Crippen molar-refractivity contribution in [3.05, 3.63) is 61.4 Å². The highest BCUT2D eigenvalue weighted by molar-refractivity contribution is 5.76. The number of benzene rings is 1. The molecule has 25 heavy (non-hydrogen) atoms. The third kappa shape index (κ3) is 2.00. The summed E-state index contributed by atoms with van der Waals surface area (Å²) in [6.45, 7) is 0. The summed E-state index contributed by atoms with van der Waals surface area (Å²) in [5.41, 5.74) is 0.0504. The quantitative estimate of drug-likeness (QED) is 0.397. The number of imidazole rings is 1. The molecule has 3 aromatic heterocycles. The molecule has 0 unspecified atom stereocenters. The van der Waals surface area contributed by atoms with E-state index in [9.17, 15) is 19.7 Å². The van der Waals surface area contributed by atoms with Crippen LogP contribution in [0.25, 0.3) is 28.3 Å². The first kappa shape index (κ1) is 14.9. The van der Waals surface area contributed by atoms with Crippen molar-refractivity contribution in [2.24, 2.45) is 14.1 Å². The van der Waals surface area contributed by atoms with Gasteiger partial charge < -0.3 is 4.42 Å². The highest BCUT2D eigenvalue weighted by Crippen LogP contribution is 2.26. The minimum absolute atomic E-state index is 0.0330. The average molecular weight is 341 g/mol. The summed E-state index contributed by atoms with van der Waals surface area (Å²) in [6.07, 6.45) is 1.57. The van der Waals surface area contributed by atoms with E-state index in [2.05, 4.69) is 4.98 Å². The molecule has 0 fully saturated rings. The molecule has 1 aromatic carbocycles. The second-order valence-corrected chi connectivity index (χ2v) is 5.54. The van der Waals surface area contributed by atoms with E-state index in [1.54, 1.807) is 18.3 Å². The van der Waals surface area contributed by atoms with Crippen molar-refractivity contribution >= 4 is 22.7 Å². The number of aromatic nitrogens is 4. The Bertz CT molecular complexity index is 1270. The SMILES string of the molecule is Cn1c(=O)c2c(nc3oc(-c4ccc([N+](=O)[O-])cc4)cn32)n(C)c1=O.